The van der Waals surface area contributed by atoms with Crippen molar-refractivity contribution in [3.63, 3.8) is 0 Å². The number of nitrogens with zero attached hydrogens (tertiary/aromatic N) is 3. The van der Waals surface area contributed by atoms with Crippen LogP contribution in [0.25, 0.3) is 10.9 Å². The average Bonchev–Trinajstić information content (AvgIpc) is 3.35. The number of para-hydroxylation sites is 1. The second-order valence-electron chi connectivity index (χ2n) is 8.31. The number of hydrogen-bond acceptors (Lipinski definition) is 9. The number of fused-ring (bicyclic) bond motifs is 2. The summed E-state index contributed by atoms with van der Waals surface area (Å²) in [5.74, 6) is -0.284. The minimum atomic E-state index is -0.389. The molecule has 11 heteroatoms. The van der Waals surface area contributed by atoms with Gasteiger partial charge in [0.05, 0.1) is 35.7 Å². The van der Waals surface area contributed by atoms with Crippen LogP contribution in [0.5, 0.6) is 5.75 Å². The summed E-state index contributed by atoms with van der Waals surface area (Å²) in [6.45, 7) is 0.0813. The van der Waals surface area contributed by atoms with Crippen LogP contribution in [0, 0.1) is 0 Å². The second kappa shape index (κ2) is 10.8. The largest absolute Gasteiger partial charge is 0.506 e. The first kappa shape index (κ1) is 25.0. The van der Waals surface area contributed by atoms with Crippen molar-refractivity contribution in [3.8, 4) is 5.75 Å². The molecule has 0 spiro atoms. The van der Waals surface area contributed by atoms with Crippen molar-refractivity contribution in [2.24, 2.45) is 4.99 Å². The number of aliphatic hydroxyl groups is 2. The van der Waals surface area contributed by atoms with Crippen molar-refractivity contribution < 1.29 is 20.1 Å². The van der Waals surface area contributed by atoms with Crippen LogP contribution in [0.2, 0.25) is 0 Å². The standard InChI is InChI=1S/C26H24N4O5S2/c31-12-10-29(11-13-32)25(34)18-15-36-24-22(18)37-28-23(27-24)20-21(33)17-8-4-5-9-19(17)30(26(20)35)14-16-6-2-1-3-7-16/h1-9,15,31-33H,10-14H2,(H,27,28). The molecule has 4 N–H and O–H groups in total. The lowest BCUT2D eigenvalue weighted by molar-refractivity contribution is 0.0682. The van der Waals surface area contributed by atoms with Crippen molar-refractivity contribution in [1.29, 1.82) is 0 Å². The molecule has 0 saturated heterocycles. The van der Waals surface area contributed by atoms with Crippen LogP contribution in [0.4, 0.5) is 5.00 Å². The summed E-state index contributed by atoms with van der Waals surface area (Å²) < 4.78 is 4.66. The van der Waals surface area contributed by atoms with E-state index in [0.29, 0.717) is 32.9 Å². The molecular formula is C26H24N4O5S2. The predicted octanol–water partition coefficient (Wildman–Crippen LogP) is 2.93. The molecule has 2 aromatic heterocycles. The van der Waals surface area contributed by atoms with E-state index in [1.54, 1.807) is 28.1 Å². The number of aliphatic hydroxyl groups excluding tert-OH is 2. The third-order valence-corrected chi connectivity index (χ3v) is 7.93. The molecule has 190 valence electrons. The van der Waals surface area contributed by atoms with Crippen molar-refractivity contribution >= 4 is 50.9 Å². The zero-order chi connectivity index (χ0) is 25.9. The summed E-state index contributed by atoms with van der Waals surface area (Å²) in [4.78, 5) is 33.3. The van der Waals surface area contributed by atoms with Crippen LogP contribution in [0.15, 0.2) is 74.7 Å². The fourth-order valence-electron chi connectivity index (χ4n) is 4.24. The first-order valence-electron chi connectivity index (χ1n) is 11.6. The first-order valence-corrected chi connectivity index (χ1v) is 13.3. The number of amidine groups is 1. The molecule has 5 rings (SSSR count). The quantitative estimate of drug-likeness (QED) is 0.255. The Morgan fingerprint density at radius 2 is 1.73 bits per heavy atom. The van der Waals surface area contributed by atoms with E-state index in [1.807, 2.05) is 36.4 Å². The second-order valence-corrected chi connectivity index (χ2v) is 9.98. The molecule has 0 radical (unpaired) electrons. The first-order chi connectivity index (χ1) is 18.0. The Balaban J connectivity index is 1.59. The number of amides is 1. The van der Waals surface area contributed by atoms with E-state index in [4.69, 9.17) is 0 Å². The zero-order valence-electron chi connectivity index (χ0n) is 19.6. The highest BCUT2D eigenvalue weighted by molar-refractivity contribution is 7.98. The maximum atomic E-state index is 13.7. The lowest BCUT2D eigenvalue weighted by atomic mass is 10.1. The molecule has 2 aromatic carbocycles. The SMILES string of the molecule is O=C(c1csc2c1SNC(c1c(O)c3ccccc3n(Cc3ccccc3)c1=O)=N2)N(CCO)CCO. The van der Waals surface area contributed by atoms with Crippen molar-refractivity contribution in [2.75, 3.05) is 26.3 Å². The average molecular weight is 537 g/mol. The molecule has 3 heterocycles. The van der Waals surface area contributed by atoms with Gasteiger partial charge in [-0.25, -0.2) is 4.99 Å². The Bertz CT molecular complexity index is 1540. The fraction of sp³-hybridized carbons (Fsp3) is 0.192. The van der Waals surface area contributed by atoms with Gasteiger partial charge in [-0.05, 0) is 29.6 Å². The number of thiophene rings is 1. The van der Waals surface area contributed by atoms with E-state index >= 15 is 0 Å². The van der Waals surface area contributed by atoms with E-state index in [2.05, 4.69) is 9.71 Å². The number of hydrogen-bond donors (Lipinski definition) is 4. The van der Waals surface area contributed by atoms with Gasteiger partial charge in [0.25, 0.3) is 11.5 Å². The van der Waals surface area contributed by atoms with Crippen molar-refractivity contribution in [2.45, 2.75) is 11.4 Å². The minimum Gasteiger partial charge on any atom is -0.506 e. The van der Waals surface area contributed by atoms with E-state index < -0.39 is 0 Å². The van der Waals surface area contributed by atoms with E-state index in [0.717, 1.165) is 17.5 Å². The monoisotopic (exact) mass is 536 g/mol. The van der Waals surface area contributed by atoms with Gasteiger partial charge >= 0.3 is 0 Å². The molecule has 1 amide bonds. The topological polar surface area (TPSA) is 127 Å². The molecule has 0 saturated carbocycles. The molecule has 0 atom stereocenters. The number of carbonyl (C=O) groups excluding carboxylic acids is 1. The number of aromatic hydroxyl groups is 1. The number of benzene rings is 2. The maximum absolute atomic E-state index is 13.7. The van der Waals surface area contributed by atoms with Crippen LogP contribution < -0.4 is 10.3 Å². The zero-order valence-corrected chi connectivity index (χ0v) is 21.3. The van der Waals surface area contributed by atoms with Crippen LogP contribution in [-0.2, 0) is 6.54 Å². The third-order valence-electron chi connectivity index (χ3n) is 6.01. The molecule has 0 aliphatic carbocycles. The Hall–Kier alpha value is -3.64. The van der Waals surface area contributed by atoms with Gasteiger partial charge in [0.15, 0.2) is 5.84 Å². The molecule has 0 unspecified atom stereocenters. The Labute approximate surface area is 220 Å². The van der Waals surface area contributed by atoms with Gasteiger partial charge < -0.3 is 29.5 Å². The number of aliphatic imine (C=N–C) groups is 1. The number of carbonyl (C=O) groups is 1. The maximum Gasteiger partial charge on any atom is 0.266 e. The third kappa shape index (κ3) is 4.74. The van der Waals surface area contributed by atoms with Crippen LogP contribution >= 0.6 is 23.3 Å². The molecule has 9 nitrogen and oxygen atoms in total. The van der Waals surface area contributed by atoms with Gasteiger partial charge in [-0.15, -0.1) is 11.3 Å². The molecule has 4 aromatic rings. The number of aromatic nitrogens is 1. The number of pyridine rings is 1. The highest BCUT2D eigenvalue weighted by atomic mass is 32.2. The lowest BCUT2D eigenvalue weighted by Crippen LogP contribution is -2.36. The molecule has 37 heavy (non-hydrogen) atoms. The normalized spacial score (nSPS) is 12.6. The van der Waals surface area contributed by atoms with E-state index in [9.17, 15) is 24.9 Å². The Morgan fingerprint density at radius 1 is 1.03 bits per heavy atom. The van der Waals surface area contributed by atoms with Crippen molar-refractivity contribution in [3.05, 3.63) is 87.0 Å². The van der Waals surface area contributed by atoms with Gasteiger partial charge in [-0.2, -0.15) is 0 Å². The fourth-order valence-corrected chi connectivity index (χ4v) is 6.13. The molecule has 0 bridgehead atoms. The van der Waals surface area contributed by atoms with E-state index in [-0.39, 0.29) is 54.9 Å². The van der Waals surface area contributed by atoms with Gasteiger partial charge in [-0.3, -0.25) is 9.59 Å². The predicted molar refractivity (Wildman–Crippen MR) is 145 cm³/mol. The highest BCUT2D eigenvalue weighted by Crippen LogP contribution is 2.42. The summed E-state index contributed by atoms with van der Waals surface area (Å²) in [5, 5.41) is 32.4. The van der Waals surface area contributed by atoms with Gasteiger partial charge in [0.2, 0.25) is 0 Å². The van der Waals surface area contributed by atoms with Gasteiger partial charge in [-0.1, -0.05) is 42.5 Å². The molecule has 1 aliphatic heterocycles. The Kier molecular flexibility index (Phi) is 7.28. The van der Waals surface area contributed by atoms with Gasteiger partial charge in [0, 0.05) is 23.9 Å². The van der Waals surface area contributed by atoms with Crippen molar-refractivity contribution in [1.82, 2.24) is 14.2 Å². The van der Waals surface area contributed by atoms with Crippen LogP contribution in [0.3, 0.4) is 0 Å². The molecule has 0 fully saturated rings. The summed E-state index contributed by atoms with van der Waals surface area (Å²) in [6.07, 6.45) is 0. The van der Waals surface area contributed by atoms with E-state index in [1.165, 1.54) is 16.2 Å². The summed E-state index contributed by atoms with van der Waals surface area (Å²) in [7, 11) is 0. The summed E-state index contributed by atoms with van der Waals surface area (Å²) >= 11 is 2.38. The minimum absolute atomic E-state index is 0.0521. The summed E-state index contributed by atoms with van der Waals surface area (Å²) in [6, 6.07) is 16.8. The summed E-state index contributed by atoms with van der Waals surface area (Å²) in [5.41, 5.74) is 1.61. The van der Waals surface area contributed by atoms with Crippen LogP contribution in [0.1, 0.15) is 21.5 Å². The lowest BCUT2D eigenvalue weighted by Gasteiger charge is -2.22. The number of rotatable bonds is 8. The highest BCUT2D eigenvalue weighted by Gasteiger charge is 2.29. The van der Waals surface area contributed by atoms with Crippen LogP contribution in [-0.4, -0.2) is 62.8 Å². The molecule has 1 aliphatic rings. The van der Waals surface area contributed by atoms with Gasteiger partial charge in [0.1, 0.15) is 16.3 Å². The smallest absolute Gasteiger partial charge is 0.266 e. The number of nitrogens with one attached hydrogen (secondary N) is 1. The molecular weight excluding hydrogens is 512 g/mol. The Morgan fingerprint density at radius 3 is 2.46 bits per heavy atom.